The molecule has 1 heterocycles. The summed E-state index contributed by atoms with van der Waals surface area (Å²) in [5, 5.41) is 5.44. The molecule has 1 saturated heterocycles. The van der Waals surface area contributed by atoms with E-state index in [0.29, 0.717) is 30.9 Å². The predicted molar refractivity (Wildman–Crippen MR) is 75.7 cm³/mol. The number of unbranched alkanes of at least 4 members (excludes halogenated alkanes) is 1. The Balaban J connectivity index is 2.03. The summed E-state index contributed by atoms with van der Waals surface area (Å²) >= 11 is 0. The van der Waals surface area contributed by atoms with Crippen LogP contribution in [0.3, 0.4) is 0 Å². The van der Waals surface area contributed by atoms with E-state index in [1.54, 1.807) is 18.2 Å². The molecule has 0 saturated carbocycles. The highest BCUT2D eigenvalue weighted by molar-refractivity contribution is 6.00. The molecule has 2 amide bonds. The van der Waals surface area contributed by atoms with E-state index in [1.807, 2.05) is 6.07 Å². The zero-order chi connectivity index (χ0) is 14.4. The standard InChI is InChI=1S/C15H20N2O3/c1-2-3-10-20-13-7-5-4-6-11(13)14(18)17-12-8-9-16-15(12)19/h4-7,12H,2-3,8-10H2,1H3,(H,16,19)(H,17,18)/t12-/m1/s1. The molecule has 108 valence electrons. The minimum absolute atomic E-state index is 0.122. The summed E-state index contributed by atoms with van der Waals surface area (Å²) in [6, 6.07) is 6.67. The molecule has 1 aromatic rings. The summed E-state index contributed by atoms with van der Waals surface area (Å²) in [5.41, 5.74) is 0.475. The van der Waals surface area contributed by atoms with Crippen LogP contribution < -0.4 is 15.4 Å². The number of ether oxygens (including phenoxy) is 1. The second-order valence-corrected chi connectivity index (χ2v) is 4.80. The van der Waals surface area contributed by atoms with Crippen LogP contribution in [0.15, 0.2) is 24.3 Å². The molecule has 0 bridgehead atoms. The largest absolute Gasteiger partial charge is 0.493 e. The molecule has 20 heavy (non-hydrogen) atoms. The number of hydrogen-bond donors (Lipinski definition) is 2. The second-order valence-electron chi connectivity index (χ2n) is 4.80. The molecule has 1 aromatic carbocycles. The van der Waals surface area contributed by atoms with Crippen LogP contribution in [0.25, 0.3) is 0 Å². The van der Waals surface area contributed by atoms with Gasteiger partial charge in [-0.1, -0.05) is 25.5 Å². The first kappa shape index (κ1) is 14.4. The molecule has 2 N–H and O–H groups in total. The van der Waals surface area contributed by atoms with E-state index in [1.165, 1.54) is 0 Å². The minimum Gasteiger partial charge on any atom is -0.493 e. The van der Waals surface area contributed by atoms with Gasteiger partial charge in [0, 0.05) is 6.54 Å². The van der Waals surface area contributed by atoms with Crippen LogP contribution in [0.5, 0.6) is 5.75 Å². The van der Waals surface area contributed by atoms with E-state index in [2.05, 4.69) is 17.6 Å². The van der Waals surface area contributed by atoms with Crippen LogP contribution in [0, 0.1) is 0 Å². The first-order chi connectivity index (χ1) is 9.72. The van der Waals surface area contributed by atoms with Gasteiger partial charge in [0.15, 0.2) is 0 Å². The van der Waals surface area contributed by atoms with Crippen molar-refractivity contribution in [2.75, 3.05) is 13.2 Å². The molecule has 0 aromatic heterocycles. The van der Waals surface area contributed by atoms with Crippen molar-refractivity contribution in [1.29, 1.82) is 0 Å². The molecule has 5 heteroatoms. The third-order valence-corrected chi connectivity index (χ3v) is 3.24. The number of carbonyl (C=O) groups is 2. The Morgan fingerprint density at radius 3 is 2.95 bits per heavy atom. The molecule has 1 aliphatic rings. The van der Waals surface area contributed by atoms with Gasteiger partial charge in [-0.3, -0.25) is 9.59 Å². The lowest BCUT2D eigenvalue weighted by Crippen LogP contribution is -2.40. The monoisotopic (exact) mass is 276 g/mol. The van der Waals surface area contributed by atoms with Crippen LogP contribution in [0.4, 0.5) is 0 Å². The third-order valence-electron chi connectivity index (χ3n) is 3.24. The first-order valence-electron chi connectivity index (χ1n) is 7.02. The molecular weight excluding hydrogens is 256 g/mol. The van der Waals surface area contributed by atoms with Crippen molar-refractivity contribution in [2.24, 2.45) is 0 Å². The first-order valence-corrected chi connectivity index (χ1v) is 7.02. The van der Waals surface area contributed by atoms with Crippen molar-refractivity contribution >= 4 is 11.8 Å². The highest BCUT2D eigenvalue weighted by Gasteiger charge is 2.26. The predicted octanol–water partition coefficient (Wildman–Crippen LogP) is 1.48. The van der Waals surface area contributed by atoms with Gasteiger partial charge in [0.2, 0.25) is 5.91 Å². The van der Waals surface area contributed by atoms with Gasteiger partial charge in [-0.25, -0.2) is 0 Å². The minimum atomic E-state index is -0.439. The van der Waals surface area contributed by atoms with Crippen LogP contribution in [-0.2, 0) is 4.79 Å². The van der Waals surface area contributed by atoms with E-state index in [9.17, 15) is 9.59 Å². The Morgan fingerprint density at radius 1 is 1.45 bits per heavy atom. The Hall–Kier alpha value is -2.04. The lowest BCUT2D eigenvalue weighted by atomic mass is 10.1. The fraction of sp³-hybridized carbons (Fsp3) is 0.467. The van der Waals surface area contributed by atoms with Gasteiger partial charge in [-0.05, 0) is 25.0 Å². The molecule has 0 aliphatic carbocycles. The number of carbonyl (C=O) groups excluding carboxylic acids is 2. The molecule has 0 spiro atoms. The van der Waals surface area contributed by atoms with Crippen LogP contribution in [0.1, 0.15) is 36.5 Å². The Bertz CT molecular complexity index is 488. The summed E-state index contributed by atoms with van der Waals surface area (Å²) in [4.78, 5) is 23.7. The molecule has 1 atom stereocenters. The van der Waals surface area contributed by atoms with E-state index < -0.39 is 6.04 Å². The smallest absolute Gasteiger partial charge is 0.255 e. The summed E-state index contributed by atoms with van der Waals surface area (Å²) in [7, 11) is 0. The van der Waals surface area contributed by atoms with Crippen molar-refractivity contribution in [1.82, 2.24) is 10.6 Å². The van der Waals surface area contributed by atoms with E-state index in [4.69, 9.17) is 4.74 Å². The molecule has 5 nitrogen and oxygen atoms in total. The van der Waals surface area contributed by atoms with Crippen molar-refractivity contribution in [3.8, 4) is 5.75 Å². The Kier molecular flexibility index (Phi) is 4.98. The Morgan fingerprint density at radius 2 is 2.25 bits per heavy atom. The summed E-state index contributed by atoms with van der Waals surface area (Å²) < 4.78 is 5.63. The van der Waals surface area contributed by atoms with Crippen LogP contribution >= 0.6 is 0 Å². The fourth-order valence-electron chi connectivity index (χ4n) is 2.07. The van der Waals surface area contributed by atoms with Gasteiger partial charge in [-0.15, -0.1) is 0 Å². The average molecular weight is 276 g/mol. The number of amides is 2. The van der Waals surface area contributed by atoms with Crippen LogP contribution in [-0.4, -0.2) is 31.0 Å². The fourth-order valence-corrected chi connectivity index (χ4v) is 2.07. The van der Waals surface area contributed by atoms with Crippen molar-refractivity contribution in [3.63, 3.8) is 0 Å². The molecule has 0 radical (unpaired) electrons. The number of hydrogen-bond acceptors (Lipinski definition) is 3. The zero-order valence-electron chi connectivity index (χ0n) is 11.6. The average Bonchev–Trinajstić information content (AvgIpc) is 2.85. The van der Waals surface area contributed by atoms with E-state index >= 15 is 0 Å². The highest BCUT2D eigenvalue weighted by Crippen LogP contribution is 2.18. The van der Waals surface area contributed by atoms with Crippen molar-refractivity contribution in [2.45, 2.75) is 32.2 Å². The highest BCUT2D eigenvalue weighted by atomic mass is 16.5. The number of para-hydroxylation sites is 1. The van der Waals surface area contributed by atoms with Gasteiger partial charge >= 0.3 is 0 Å². The summed E-state index contributed by atoms with van der Waals surface area (Å²) in [6.45, 7) is 3.28. The van der Waals surface area contributed by atoms with E-state index in [-0.39, 0.29) is 11.8 Å². The molecule has 0 unspecified atom stereocenters. The normalized spacial score (nSPS) is 17.6. The quantitative estimate of drug-likeness (QED) is 0.773. The van der Waals surface area contributed by atoms with Gasteiger partial charge in [0.25, 0.3) is 5.91 Å². The van der Waals surface area contributed by atoms with Gasteiger partial charge in [0.05, 0.1) is 12.2 Å². The maximum absolute atomic E-state index is 12.2. The van der Waals surface area contributed by atoms with Gasteiger partial charge < -0.3 is 15.4 Å². The Labute approximate surface area is 118 Å². The second kappa shape index (κ2) is 6.93. The number of benzene rings is 1. The lowest BCUT2D eigenvalue weighted by molar-refractivity contribution is -0.120. The number of nitrogens with one attached hydrogen (secondary N) is 2. The number of rotatable bonds is 6. The SMILES string of the molecule is CCCCOc1ccccc1C(=O)N[C@@H]1CCNC1=O. The molecular formula is C15H20N2O3. The lowest BCUT2D eigenvalue weighted by Gasteiger charge is -2.13. The van der Waals surface area contributed by atoms with Gasteiger partial charge in [0.1, 0.15) is 11.8 Å². The van der Waals surface area contributed by atoms with Crippen molar-refractivity contribution in [3.05, 3.63) is 29.8 Å². The van der Waals surface area contributed by atoms with Crippen LogP contribution in [0.2, 0.25) is 0 Å². The third kappa shape index (κ3) is 3.50. The molecule has 2 rings (SSSR count). The van der Waals surface area contributed by atoms with Crippen molar-refractivity contribution < 1.29 is 14.3 Å². The topological polar surface area (TPSA) is 67.4 Å². The van der Waals surface area contributed by atoms with Gasteiger partial charge in [-0.2, -0.15) is 0 Å². The zero-order valence-corrected chi connectivity index (χ0v) is 11.6. The maximum atomic E-state index is 12.2. The summed E-state index contributed by atoms with van der Waals surface area (Å²) in [6.07, 6.45) is 2.61. The van der Waals surface area contributed by atoms with E-state index in [0.717, 1.165) is 12.8 Å². The molecule has 1 fully saturated rings. The maximum Gasteiger partial charge on any atom is 0.255 e. The molecule has 1 aliphatic heterocycles. The summed E-state index contributed by atoms with van der Waals surface area (Å²) in [5.74, 6) is 0.179.